The summed E-state index contributed by atoms with van der Waals surface area (Å²) >= 11 is 0. The van der Waals surface area contributed by atoms with Gasteiger partial charge in [0.1, 0.15) is 6.04 Å². The summed E-state index contributed by atoms with van der Waals surface area (Å²) < 4.78 is 34.3. The third kappa shape index (κ3) is 3.00. The SMILES string of the molecule is CCNNC(=O)[C@@H]1CCC2CN1C(=O)N2OS(=O)(=O)O. The van der Waals surface area contributed by atoms with Crippen molar-refractivity contribution in [2.45, 2.75) is 31.8 Å². The highest BCUT2D eigenvalue weighted by molar-refractivity contribution is 7.80. The van der Waals surface area contributed by atoms with Crippen LogP contribution in [0.5, 0.6) is 0 Å². The Labute approximate surface area is 115 Å². The number of urea groups is 1. The molecule has 114 valence electrons. The summed E-state index contributed by atoms with van der Waals surface area (Å²) in [6, 6.07) is -1.93. The zero-order valence-electron chi connectivity index (χ0n) is 10.8. The van der Waals surface area contributed by atoms with Crippen LogP contribution in [0.25, 0.3) is 0 Å². The molecule has 20 heavy (non-hydrogen) atoms. The molecule has 0 aliphatic carbocycles. The van der Waals surface area contributed by atoms with Gasteiger partial charge in [-0.15, -0.1) is 4.28 Å². The summed E-state index contributed by atoms with van der Waals surface area (Å²) in [6.07, 6.45) is 0.793. The maximum atomic E-state index is 12.0. The quantitative estimate of drug-likeness (QED) is 0.422. The van der Waals surface area contributed by atoms with Gasteiger partial charge in [-0.3, -0.25) is 14.8 Å². The Kier molecular flexibility index (Phi) is 4.13. The molecule has 2 rings (SSSR count). The summed E-state index contributed by atoms with van der Waals surface area (Å²) in [4.78, 5) is 25.1. The van der Waals surface area contributed by atoms with Crippen molar-refractivity contribution in [1.82, 2.24) is 20.8 Å². The second-order valence-electron chi connectivity index (χ2n) is 4.53. The fourth-order valence-electron chi connectivity index (χ4n) is 2.36. The molecule has 2 aliphatic rings. The lowest BCUT2D eigenvalue weighted by atomic mass is 10.0. The topological polar surface area (TPSA) is 128 Å². The van der Waals surface area contributed by atoms with E-state index in [1.807, 2.05) is 0 Å². The first kappa shape index (κ1) is 15.0. The van der Waals surface area contributed by atoms with Crippen LogP contribution < -0.4 is 10.9 Å². The van der Waals surface area contributed by atoms with Crippen LogP contribution in [-0.4, -0.2) is 60.0 Å². The van der Waals surface area contributed by atoms with Crippen molar-refractivity contribution in [1.29, 1.82) is 0 Å². The number of nitrogens with zero attached hydrogens (tertiary/aromatic N) is 2. The van der Waals surface area contributed by atoms with Gasteiger partial charge >= 0.3 is 16.4 Å². The van der Waals surface area contributed by atoms with Crippen molar-refractivity contribution < 1.29 is 26.8 Å². The Morgan fingerprint density at radius 2 is 2.20 bits per heavy atom. The molecule has 11 heteroatoms. The third-order valence-electron chi connectivity index (χ3n) is 3.19. The Hall–Kier alpha value is -1.43. The minimum absolute atomic E-state index is 0.179. The predicted octanol–water partition coefficient (Wildman–Crippen LogP) is -1.37. The standard InChI is InChI=1S/C9H16N4O6S/c1-2-10-11-8(14)7-4-3-6-5-12(7)9(15)13(6)19-20(16,17)18/h6-7,10H,2-5H2,1H3,(H,11,14)(H,16,17,18)/t6?,7-/m0/s1. The summed E-state index contributed by atoms with van der Waals surface area (Å²) in [7, 11) is -4.77. The van der Waals surface area contributed by atoms with Crippen molar-refractivity contribution >= 4 is 22.3 Å². The highest BCUT2D eigenvalue weighted by Crippen LogP contribution is 2.30. The number of hydroxylamine groups is 2. The van der Waals surface area contributed by atoms with Gasteiger partial charge in [-0.05, 0) is 12.8 Å². The Bertz CT molecular complexity index is 509. The molecule has 0 aromatic heterocycles. The van der Waals surface area contributed by atoms with E-state index in [0.29, 0.717) is 24.4 Å². The summed E-state index contributed by atoms with van der Waals surface area (Å²) in [5.41, 5.74) is 5.11. The first-order valence-electron chi connectivity index (χ1n) is 6.13. The molecule has 2 bridgehead atoms. The monoisotopic (exact) mass is 308 g/mol. The largest absolute Gasteiger partial charge is 0.418 e. The smallest absolute Gasteiger partial charge is 0.309 e. The van der Waals surface area contributed by atoms with E-state index in [0.717, 1.165) is 0 Å². The first-order chi connectivity index (χ1) is 9.33. The number of nitrogens with one attached hydrogen (secondary N) is 2. The van der Waals surface area contributed by atoms with Gasteiger partial charge < -0.3 is 4.90 Å². The maximum Gasteiger partial charge on any atom is 0.418 e. The predicted molar refractivity (Wildman–Crippen MR) is 65.2 cm³/mol. The average molecular weight is 308 g/mol. The molecule has 0 spiro atoms. The van der Waals surface area contributed by atoms with Gasteiger partial charge in [-0.1, -0.05) is 6.92 Å². The van der Waals surface area contributed by atoms with Gasteiger partial charge in [-0.25, -0.2) is 10.2 Å². The van der Waals surface area contributed by atoms with E-state index < -0.39 is 28.5 Å². The van der Waals surface area contributed by atoms with E-state index in [2.05, 4.69) is 15.1 Å². The number of piperidine rings is 1. The average Bonchev–Trinajstić information content (AvgIpc) is 2.60. The Morgan fingerprint density at radius 1 is 1.50 bits per heavy atom. The van der Waals surface area contributed by atoms with Gasteiger partial charge in [0.05, 0.1) is 6.04 Å². The van der Waals surface area contributed by atoms with Crippen molar-refractivity contribution in [3.05, 3.63) is 0 Å². The van der Waals surface area contributed by atoms with Crippen LogP contribution in [-0.2, 0) is 19.5 Å². The van der Waals surface area contributed by atoms with Crippen molar-refractivity contribution in [2.24, 2.45) is 0 Å². The number of rotatable bonds is 5. The number of fused-ring (bicyclic) bond motifs is 2. The van der Waals surface area contributed by atoms with Crippen molar-refractivity contribution in [3.8, 4) is 0 Å². The summed E-state index contributed by atoms with van der Waals surface area (Å²) in [6.45, 7) is 2.52. The highest BCUT2D eigenvalue weighted by Gasteiger charge is 2.49. The van der Waals surface area contributed by atoms with Crippen molar-refractivity contribution in [3.63, 3.8) is 0 Å². The van der Waals surface area contributed by atoms with Crippen molar-refractivity contribution in [2.75, 3.05) is 13.1 Å². The fourth-order valence-corrected chi connectivity index (χ4v) is 2.75. The van der Waals surface area contributed by atoms with Gasteiger partial charge in [0.15, 0.2) is 0 Å². The van der Waals surface area contributed by atoms with Gasteiger partial charge in [-0.2, -0.15) is 13.5 Å². The molecule has 3 N–H and O–H groups in total. The van der Waals surface area contributed by atoms with E-state index >= 15 is 0 Å². The zero-order valence-corrected chi connectivity index (χ0v) is 11.6. The van der Waals surface area contributed by atoms with Crippen LogP contribution in [0.1, 0.15) is 19.8 Å². The summed E-state index contributed by atoms with van der Waals surface area (Å²) in [5, 5.41) is 0.607. The molecule has 10 nitrogen and oxygen atoms in total. The van der Waals surface area contributed by atoms with E-state index in [1.54, 1.807) is 6.92 Å². The first-order valence-corrected chi connectivity index (χ1v) is 7.49. The second kappa shape index (κ2) is 5.52. The highest BCUT2D eigenvalue weighted by atomic mass is 32.3. The van der Waals surface area contributed by atoms with Crippen LogP contribution in [0.4, 0.5) is 4.79 Å². The van der Waals surface area contributed by atoms with Gasteiger partial charge in [0, 0.05) is 13.1 Å². The lowest BCUT2D eigenvalue weighted by Crippen LogP contribution is -2.53. The van der Waals surface area contributed by atoms with Crippen LogP contribution in [0, 0.1) is 0 Å². The number of carbonyl (C=O) groups is 2. The molecular weight excluding hydrogens is 292 g/mol. The molecule has 3 amide bonds. The van der Waals surface area contributed by atoms with E-state index in [-0.39, 0.29) is 12.5 Å². The van der Waals surface area contributed by atoms with Crippen LogP contribution in [0.2, 0.25) is 0 Å². The summed E-state index contributed by atoms with van der Waals surface area (Å²) in [5.74, 6) is -0.368. The van der Waals surface area contributed by atoms with Gasteiger partial charge in [0.2, 0.25) is 0 Å². The maximum absolute atomic E-state index is 12.0. The lowest BCUT2D eigenvalue weighted by molar-refractivity contribution is -0.127. The van der Waals surface area contributed by atoms with Crippen LogP contribution in [0.15, 0.2) is 0 Å². The second-order valence-corrected chi connectivity index (χ2v) is 5.53. The number of amides is 3. The number of hydrogen-bond acceptors (Lipinski definition) is 6. The number of hydrogen-bond donors (Lipinski definition) is 3. The fraction of sp³-hybridized carbons (Fsp3) is 0.778. The Balaban J connectivity index is 2.07. The molecule has 2 heterocycles. The molecule has 0 aromatic carbocycles. The molecular formula is C9H16N4O6S. The van der Waals surface area contributed by atoms with Crippen LogP contribution >= 0.6 is 0 Å². The van der Waals surface area contributed by atoms with E-state index in [4.69, 9.17) is 4.55 Å². The number of hydrazine groups is 1. The molecule has 0 saturated carbocycles. The molecule has 1 unspecified atom stereocenters. The minimum atomic E-state index is -4.77. The van der Waals surface area contributed by atoms with E-state index in [1.165, 1.54) is 4.90 Å². The van der Waals surface area contributed by atoms with Gasteiger partial charge in [0.25, 0.3) is 5.91 Å². The van der Waals surface area contributed by atoms with Crippen LogP contribution in [0.3, 0.4) is 0 Å². The normalized spacial score (nSPS) is 26.0. The molecule has 0 radical (unpaired) electrons. The minimum Gasteiger partial charge on any atom is -0.309 e. The molecule has 2 saturated heterocycles. The Morgan fingerprint density at radius 3 is 2.80 bits per heavy atom. The molecule has 2 aliphatic heterocycles. The zero-order chi connectivity index (χ0) is 14.9. The van der Waals surface area contributed by atoms with E-state index in [9.17, 15) is 18.0 Å². The molecule has 2 atom stereocenters. The number of carbonyl (C=O) groups excluding carboxylic acids is 2. The lowest BCUT2D eigenvalue weighted by Gasteiger charge is -2.29. The third-order valence-corrected chi connectivity index (χ3v) is 3.54. The molecule has 0 aromatic rings. The molecule has 2 fully saturated rings.